The average Bonchev–Trinajstić information content (AvgIpc) is 3.03. The number of hydrogen-bond donors (Lipinski definition) is 2. The van der Waals surface area contributed by atoms with E-state index in [1.54, 1.807) is 24.3 Å². The van der Waals surface area contributed by atoms with E-state index in [4.69, 9.17) is 16.3 Å². The zero-order valence-electron chi connectivity index (χ0n) is 25.0. The van der Waals surface area contributed by atoms with Gasteiger partial charge in [0.2, 0.25) is 5.91 Å². The molecule has 2 N–H and O–H groups in total. The molecule has 236 valence electrons. The number of rotatable bonds is 14. The Hall–Kier alpha value is -4.41. The van der Waals surface area contributed by atoms with Crippen LogP contribution < -0.4 is 14.8 Å². The molecule has 2 amide bonds. The molecule has 0 spiro atoms. The molecule has 4 rings (SSSR count). The maximum Gasteiger partial charge on any atom is 0.261 e. The number of carbonyl (C=O) groups is 2. The molecule has 45 heavy (non-hydrogen) atoms. The maximum atomic E-state index is 13.8. The summed E-state index contributed by atoms with van der Waals surface area (Å²) >= 11 is 6.08. The van der Waals surface area contributed by atoms with Crippen LogP contribution in [0.2, 0.25) is 5.02 Å². The first-order valence-electron chi connectivity index (χ1n) is 14.4. The highest BCUT2D eigenvalue weighted by molar-refractivity contribution is 7.92. The Labute approximate surface area is 268 Å². The van der Waals surface area contributed by atoms with E-state index in [9.17, 15) is 22.4 Å². The Morgan fingerprint density at radius 1 is 0.867 bits per heavy atom. The van der Waals surface area contributed by atoms with E-state index in [0.29, 0.717) is 11.6 Å². The van der Waals surface area contributed by atoms with Crippen LogP contribution in [0.5, 0.6) is 5.75 Å². The van der Waals surface area contributed by atoms with E-state index in [1.807, 2.05) is 44.2 Å². The molecule has 0 aromatic heterocycles. The van der Waals surface area contributed by atoms with Crippen molar-refractivity contribution in [2.24, 2.45) is 5.92 Å². The highest BCUT2D eigenvalue weighted by Gasteiger charge is 2.31. The molecular weight excluding hydrogens is 617 g/mol. The van der Waals surface area contributed by atoms with Gasteiger partial charge in [-0.15, -0.1) is 0 Å². The lowest BCUT2D eigenvalue weighted by Gasteiger charge is -2.31. The van der Waals surface area contributed by atoms with Crippen LogP contribution in [0.15, 0.2) is 108 Å². The Morgan fingerprint density at radius 2 is 1.51 bits per heavy atom. The molecule has 0 fully saturated rings. The molecular formula is C34H35ClFN3O5S. The van der Waals surface area contributed by atoms with Crippen LogP contribution in [0.25, 0.3) is 0 Å². The van der Waals surface area contributed by atoms with E-state index in [1.165, 1.54) is 41.3 Å². The van der Waals surface area contributed by atoms with Crippen LogP contribution >= 0.6 is 11.6 Å². The molecule has 1 atom stereocenters. The summed E-state index contributed by atoms with van der Waals surface area (Å²) in [5.74, 6) is -0.714. The predicted molar refractivity (Wildman–Crippen MR) is 173 cm³/mol. The zero-order valence-corrected chi connectivity index (χ0v) is 26.5. The number of anilines is 1. The van der Waals surface area contributed by atoms with Crippen LogP contribution in [0.3, 0.4) is 0 Å². The Balaban J connectivity index is 1.53. The van der Waals surface area contributed by atoms with Gasteiger partial charge in [-0.2, -0.15) is 0 Å². The van der Waals surface area contributed by atoms with Crippen molar-refractivity contribution >= 4 is 39.1 Å². The highest BCUT2D eigenvalue weighted by atomic mass is 35.5. The monoisotopic (exact) mass is 651 g/mol. The van der Waals surface area contributed by atoms with E-state index in [2.05, 4.69) is 10.0 Å². The Morgan fingerprint density at radius 3 is 2.13 bits per heavy atom. The van der Waals surface area contributed by atoms with Gasteiger partial charge in [0, 0.05) is 30.2 Å². The van der Waals surface area contributed by atoms with Crippen molar-refractivity contribution in [3.8, 4) is 5.75 Å². The number of amides is 2. The topological polar surface area (TPSA) is 105 Å². The van der Waals surface area contributed by atoms with Crippen LogP contribution in [-0.2, 0) is 32.6 Å². The van der Waals surface area contributed by atoms with Gasteiger partial charge in [-0.05, 0) is 77.7 Å². The fourth-order valence-corrected chi connectivity index (χ4v) is 5.62. The number of ether oxygens (including phenoxy) is 1. The molecule has 0 saturated heterocycles. The number of carbonyl (C=O) groups excluding carboxylic acids is 2. The van der Waals surface area contributed by atoms with Gasteiger partial charge in [0.05, 0.1) is 4.90 Å². The van der Waals surface area contributed by atoms with E-state index < -0.39 is 34.4 Å². The van der Waals surface area contributed by atoms with Crippen molar-refractivity contribution in [3.63, 3.8) is 0 Å². The van der Waals surface area contributed by atoms with Gasteiger partial charge in [0.1, 0.15) is 17.6 Å². The molecule has 4 aromatic carbocycles. The summed E-state index contributed by atoms with van der Waals surface area (Å²) in [5, 5.41) is 3.52. The number of halogens is 2. The number of nitrogens with one attached hydrogen (secondary N) is 2. The van der Waals surface area contributed by atoms with Gasteiger partial charge in [0.15, 0.2) is 6.61 Å². The molecule has 0 unspecified atom stereocenters. The molecule has 0 heterocycles. The first-order chi connectivity index (χ1) is 21.5. The lowest BCUT2D eigenvalue weighted by Crippen LogP contribution is -2.52. The Bertz CT molecular complexity index is 1670. The van der Waals surface area contributed by atoms with E-state index in [0.717, 1.165) is 23.3 Å². The number of nitrogens with zero attached hydrogens (tertiary/aromatic N) is 1. The fourth-order valence-electron chi connectivity index (χ4n) is 4.44. The fraction of sp³-hybridized carbons (Fsp3) is 0.235. The number of hydrogen-bond acceptors (Lipinski definition) is 5. The summed E-state index contributed by atoms with van der Waals surface area (Å²) in [5.41, 5.74) is 1.89. The molecule has 4 aromatic rings. The maximum absolute atomic E-state index is 13.8. The quantitative estimate of drug-likeness (QED) is 0.172. The van der Waals surface area contributed by atoms with Gasteiger partial charge >= 0.3 is 0 Å². The number of sulfonamides is 1. The largest absolute Gasteiger partial charge is 0.484 e. The lowest BCUT2D eigenvalue weighted by atomic mass is 10.0. The first-order valence-corrected chi connectivity index (χ1v) is 16.2. The van der Waals surface area contributed by atoms with Crippen LogP contribution in [0.4, 0.5) is 10.1 Å². The minimum absolute atomic E-state index is 0.0420. The molecule has 11 heteroatoms. The molecule has 0 bridgehead atoms. The van der Waals surface area contributed by atoms with Crippen LogP contribution in [-0.4, -0.2) is 44.3 Å². The van der Waals surface area contributed by atoms with Gasteiger partial charge in [-0.1, -0.05) is 67.9 Å². The van der Waals surface area contributed by atoms with Crippen LogP contribution in [0.1, 0.15) is 25.0 Å². The third-order valence-electron chi connectivity index (χ3n) is 6.81. The predicted octanol–water partition coefficient (Wildman–Crippen LogP) is 6.07. The summed E-state index contributed by atoms with van der Waals surface area (Å²) in [6, 6.07) is 26.2. The minimum Gasteiger partial charge on any atom is -0.484 e. The smallest absolute Gasteiger partial charge is 0.261 e. The average molecular weight is 652 g/mol. The summed E-state index contributed by atoms with van der Waals surface area (Å²) in [6.45, 7) is 4.18. The third-order valence-corrected chi connectivity index (χ3v) is 8.46. The highest BCUT2D eigenvalue weighted by Crippen LogP contribution is 2.21. The standard InChI is InChI=1S/C34H35ClFN3O5S/c1-24(2)21-37-34(41)32(20-25-6-4-3-5-7-25)39(22-26-8-10-27(35)11-9-26)33(40)23-44-30-16-18-31(19-17-30)45(42,43)38-29-14-12-28(36)13-15-29/h3-19,24,32,38H,20-23H2,1-2H3,(H,37,41)/t32-/m0/s1. The SMILES string of the molecule is CC(C)CNC(=O)[C@H](Cc1ccccc1)N(Cc1ccc(Cl)cc1)C(=O)COc1ccc(S(=O)(=O)Nc2ccc(F)cc2)cc1. The minimum atomic E-state index is -3.94. The first kappa shape index (κ1) is 33.5. The Kier molecular flexibility index (Phi) is 11.6. The number of benzene rings is 4. The third kappa shape index (κ3) is 10.1. The summed E-state index contributed by atoms with van der Waals surface area (Å²) in [4.78, 5) is 28.8. The van der Waals surface area contributed by atoms with Crippen molar-refractivity contribution in [1.29, 1.82) is 0 Å². The lowest BCUT2D eigenvalue weighted by molar-refractivity contribution is -0.142. The molecule has 8 nitrogen and oxygen atoms in total. The van der Waals surface area contributed by atoms with E-state index >= 15 is 0 Å². The normalized spacial score (nSPS) is 11.9. The molecule has 0 radical (unpaired) electrons. The van der Waals surface area contributed by atoms with Gasteiger partial charge in [-0.25, -0.2) is 12.8 Å². The zero-order chi connectivity index (χ0) is 32.4. The summed E-state index contributed by atoms with van der Waals surface area (Å²) < 4.78 is 46.9. The van der Waals surface area contributed by atoms with E-state index in [-0.39, 0.29) is 41.1 Å². The van der Waals surface area contributed by atoms with Crippen molar-refractivity contribution in [3.05, 3.63) is 125 Å². The molecule has 0 saturated carbocycles. The summed E-state index contributed by atoms with van der Waals surface area (Å²) in [6.07, 6.45) is 0.289. The second-order valence-corrected chi connectivity index (χ2v) is 13.0. The van der Waals surface area contributed by atoms with Crippen molar-refractivity contribution in [2.45, 2.75) is 37.8 Å². The second-order valence-electron chi connectivity index (χ2n) is 10.9. The second kappa shape index (κ2) is 15.5. The van der Waals surface area contributed by atoms with Crippen molar-refractivity contribution < 1.29 is 27.1 Å². The van der Waals surface area contributed by atoms with Crippen LogP contribution in [0, 0.1) is 11.7 Å². The molecule has 0 aliphatic rings. The van der Waals surface area contributed by atoms with Crippen molar-refractivity contribution in [2.75, 3.05) is 17.9 Å². The van der Waals surface area contributed by atoms with Crippen molar-refractivity contribution in [1.82, 2.24) is 10.2 Å². The molecule has 0 aliphatic heterocycles. The van der Waals surface area contributed by atoms with Gasteiger partial charge in [-0.3, -0.25) is 14.3 Å². The molecule has 0 aliphatic carbocycles. The van der Waals surface area contributed by atoms with Gasteiger partial charge < -0.3 is 15.0 Å². The summed E-state index contributed by atoms with van der Waals surface area (Å²) in [7, 11) is -3.94. The van der Waals surface area contributed by atoms with Gasteiger partial charge in [0.25, 0.3) is 15.9 Å².